The largest absolute Gasteiger partial charge is 0.497 e. The lowest BCUT2D eigenvalue weighted by Gasteiger charge is -2.36. The van der Waals surface area contributed by atoms with Gasteiger partial charge in [-0.3, -0.25) is 4.79 Å². The third-order valence-electron chi connectivity index (χ3n) is 5.12. The summed E-state index contributed by atoms with van der Waals surface area (Å²) >= 11 is 0. The molecule has 1 aliphatic heterocycles. The molecule has 3 rings (SSSR count). The summed E-state index contributed by atoms with van der Waals surface area (Å²) in [5.41, 5.74) is 2.20. The first kappa shape index (κ1) is 20.8. The summed E-state index contributed by atoms with van der Waals surface area (Å²) in [7, 11) is 4.89. The van der Waals surface area contributed by atoms with E-state index in [1.165, 1.54) is 0 Å². The van der Waals surface area contributed by atoms with E-state index in [2.05, 4.69) is 22.3 Å². The van der Waals surface area contributed by atoms with Crippen molar-refractivity contribution in [3.63, 3.8) is 0 Å². The Labute approximate surface area is 172 Å². The Kier molecular flexibility index (Phi) is 7.19. The highest BCUT2D eigenvalue weighted by Crippen LogP contribution is 2.27. The van der Waals surface area contributed by atoms with Crippen molar-refractivity contribution in [3.8, 4) is 17.2 Å². The zero-order valence-corrected chi connectivity index (χ0v) is 17.3. The molecule has 0 spiro atoms. The number of benzene rings is 2. The number of carbonyl (C=O) groups excluding carboxylic acids is 1. The van der Waals surface area contributed by atoms with Crippen LogP contribution in [0.3, 0.4) is 0 Å². The summed E-state index contributed by atoms with van der Waals surface area (Å²) in [4.78, 5) is 16.7. The maximum absolute atomic E-state index is 12.5. The number of anilines is 1. The smallest absolute Gasteiger partial charge is 0.236 e. The van der Waals surface area contributed by atoms with E-state index in [0.717, 1.165) is 43.2 Å². The number of hydrogen-bond donors (Lipinski definition) is 1. The first-order chi connectivity index (χ1) is 14.1. The predicted molar refractivity (Wildman–Crippen MR) is 113 cm³/mol. The fourth-order valence-electron chi connectivity index (χ4n) is 3.42. The van der Waals surface area contributed by atoms with Crippen LogP contribution in [0.2, 0.25) is 0 Å². The van der Waals surface area contributed by atoms with Gasteiger partial charge in [-0.15, -0.1) is 0 Å². The van der Waals surface area contributed by atoms with Gasteiger partial charge in [-0.1, -0.05) is 6.07 Å². The molecule has 156 valence electrons. The van der Waals surface area contributed by atoms with E-state index in [0.29, 0.717) is 24.6 Å². The van der Waals surface area contributed by atoms with Crippen molar-refractivity contribution in [2.24, 2.45) is 0 Å². The van der Waals surface area contributed by atoms with Gasteiger partial charge in [-0.2, -0.15) is 0 Å². The number of hydrogen-bond acceptors (Lipinski definition) is 6. The molecule has 1 saturated heterocycles. The number of piperazine rings is 1. The van der Waals surface area contributed by atoms with Gasteiger partial charge < -0.3 is 29.3 Å². The number of nitrogens with one attached hydrogen (secondary N) is 1. The van der Waals surface area contributed by atoms with Gasteiger partial charge in [0.1, 0.15) is 5.75 Å². The summed E-state index contributed by atoms with van der Waals surface area (Å²) < 4.78 is 15.8. The Balaban J connectivity index is 1.44. The maximum atomic E-state index is 12.5. The third kappa shape index (κ3) is 5.32. The van der Waals surface area contributed by atoms with Crippen molar-refractivity contribution in [1.29, 1.82) is 0 Å². The number of methoxy groups -OCH3 is 3. The molecule has 1 N–H and O–H groups in total. The fourth-order valence-corrected chi connectivity index (χ4v) is 3.42. The molecule has 1 amide bonds. The molecule has 2 aromatic rings. The number of rotatable bonds is 8. The summed E-state index contributed by atoms with van der Waals surface area (Å²) in [6.45, 7) is 4.02. The van der Waals surface area contributed by atoms with Crippen molar-refractivity contribution in [2.75, 3.05) is 59.0 Å². The normalized spacial score (nSPS) is 13.9. The van der Waals surface area contributed by atoms with Crippen molar-refractivity contribution in [1.82, 2.24) is 10.2 Å². The highest BCUT2D eigenvalue weighted by Gasteiger charge is 2.21. The zero-order chi connectivity index (χ0) is 20.6. The standard InChI is InChI=1S/C22H29N3O4/c1-27-19-7-5-18(6-8-19)24-10-12-25(13-11-24)22(26)16-23-15-17-4-9-20(28-2)21(14-17)29-3/h4-9,14,23H,10-13,15-16H2,1-3H3. The van der Waals surface area contributed by atoms with Crippen LogP contribution in [0.15, 0.2) is 42.5 Å². The number of amides is 1. The monoisotopic (exact) mass is 399 g/mol. The highest BCUT2D eigenvalue weighted by atomic mass is 16.5. The van der Waals surface area contributed by atoms with Crippen LogP contribution in [-0.4, -0.2) is 64.9 Å². The lowest BCUT2D eigenvalue weighted by molar-refractivity contribution is -0.130. The summed E-state index contributed by atoms with van der Waals surface area (Å²) in [6, 6.07) is 13.8. The van der Waals surface area contributed by atoms with Gasteiger partial charge in [0, 0.05) is 38.4 Å². The molecule has 7 heteroatoms. The Bertz CT molecular complexity index is 802. The molecular weight excluding hydrogens is 370 g/mol. The molecule has 0 atom stereocenters. The highest BCUT2D eigenvalue weighted by molar-refractivity contribution is 5.78. The molecule has 1 fully saturated rings. The van der Waals surface area contributed by atoms with Crippen LogP contribution in [0.1, 0.15) is 5.56 Å². The van der Waals surface area contributed by atoms with Crippen molar-refractivity contribution >= 4 is 11.6 Å². The van der Waals surface area contributed by atoms with Crippen LogP contribution in [0, 0.1) is 0 Å². The Morgan fingerprint density at radius 3 is 2.21 bits per heavy atom. The quantitative estimate of drug-likeness (QED) is 0.734. The molecule has 0 aliphatic carbocycles. The van der Waals surface area contributed by atoms with Gasteiger partial charge in [-0.05, 0) is 42.0 Å². The van der Waals surface area contributed by atoms with E-state index in [1.807, 2.05) is 35.2 Å². The Morgan fingerprint density at radius 1 is 0.897 bits per heavy atom. The minimum absolute atomic E-state index is 0.125. The molecule has 0 bridgehead atoms. The third-order valence-corrected chi connectivity index (χ3v) is 5.12. The molecule has 0 aromatic heterocycles. The number of carbonyl (C=O) groups is 1. The summed E-state index contributed by atoms with van der Waals surface area (Å²) in [6.07, 6.45) is 0. The van der Waals surface area contributed by atoms with E-state index < -0.39 is 0 Å². The van der Waals surface area contributed by atoms with E-state index >= 15 is 0 Å². The summed E-state index contributed by atoms with van der Waals surface area (Å²) in [5, 5.41) is 3.23. The number of nitrogens with zero attached hydrogens (tertiary/aromatic N) is 2. The van der Waals surface area contributed by atoms with Crippen LogP contribution in [0.4, 0.5) is 5.69 Å². The van der Waals surface area contributed by atoms with Crippen LogP contribution < -0.4 is 24.4 Å². The number of ether oxygens (including phenoxy) is 3. The second-order valence-electron chi connectivity index (χ2n) is 6.86. The van der Waals surface area contributed by atoms with Gasteiger partial charge in [0.2, 0.25) is 5.91 Å². The van der Waals surface area contributed by atoms with Gasteiger partial charge in [0.25, 0.3) is 0 Å². The van der Waals surface area contributed by atoms with Gasteiger partial charge in [-0.25, -0.2) is 0 Å². The van der Waals surface area contributed by atoms with Crippen molar-refractivity contribution < 1.29 is 19.0 Å². The maximum Gasteiger partial charge on any atom is 0.236 e. The van der Waals surface area contributed by atoms with Crippen LogP contribution in [0.5, 0.6) is 17.2 Å². The molecule has 1 heterocycles. The molecule has 0 saturated carbocycles. The van der Waals surface area contributed by atoms with E-state index in [1.54, 1.807) is 21.3 Å². The average molecular weight is 399 g/mol. The summed E-state index contributed by atoms with van der Waals surface area (Å²) in [5.74, 6) is 2.36. The van der Waals surface area contributed by atoms with E-state index in [9.17, 15) is 4.79 Å². The van der Waals surface area contributed by atoms with E-state index in [4.69, 9.17) is 14.2 Å². The van der Waals surface area contributed by atoms with Crippen LogP contribution in [0.25, 0.3) is 0 Å². The average Bonchev–Trinajstić information content (AvgIpc) is 2.79. The molecular formula is C22H29N3O4. The van der Waals surface area contributed by atoms with E-state index in [-0.39, 0.29) is 5.91 Å². The Morgan fingerprint density at radius 2 is 1.59 bits per heavy atom. The minimum Gasteiger partial charge on any atom is -0.497 e. The molecule has 0 unspecified atom stereocenters. The van der Waals surface area contributed by atoms with Gasteiger partial charge in [0.15, 0.2) is 11.5 Å². The lowest BCUT2D eigenvalue weighted by atomic mass is 10.2. The van der Waals surface area contributed by atoms with Gasteiger partial charge in [0.05, 0.1) is 27.9 Å². The van der Waals surface area contributed by atoms with Gasteiger partial charge >= 0.3 is 0 Å². The SMILES string of the molecule is COc1ccc(N2CCN(C(=O)CNCc3ccc(OC)c(OC)c3)CC2)cc1. The van der Waals surface area contributed by atoms with Crippen LogP contribution in [-0.2, 0) is 11.3 Å². The molecule has 0 radical (unpaired) electrons. The first-order valence-corrected chi connectivity index (χ1v) is 9.73. The molecule has 1 aliphatic rings. The molecule has 2 aromatic carbocycles. The first-order valence-electron chi connectivity index (χ1n) is 9.73. The Hall–Kier alpha value is -2.93. The second-order valence-corrected chi connectivity index (χ2v) is 6.86. The zero-order valence-electron chi connectivity index (χ0n) is 17.3. The second kappa shape index (κ2) is 10.0. The fraction of sp³-hybridized carbons (Fsp3) is 0.409. The van der Waals surface area contributed by atoms with Crippen LogP contribution >= 0.6 is 0 Å². The predicted octanol–water partition coefficient (Wildman–Crippen LogP) is 2.15. The molecule has 7 nitrogen and oxygen atoms in total. The topological polar surface area (TPSA) is 63.3 Å². The van der Waals surface area contributed by atoms with Crippen molar-refractivity contribution in [2.45, 2.75) is 6.54 Å². The minimum atomic E-state index is 0.125. The van der Waals surface area contributed by atoms with Crippen molar-refractivity contribution in [3.05, 3.63) is 48.0 Å². The lowest BCUT2D eigenvalue weighted by Crippen LogP contribution is -2.50. The molecule has 29 heavy (non-hydrogen) atoms.